The van der Waals surface area contributed by atoms with E-state index in [1.807, 2.05) is 12.1 Å². The van der Waals surface area contributed by atoms with Gasteiger partial charge in [0.25, 0.3) is 5.91 Å². The third kappa shape index (κ3) is 4.51. The molecule has 8 heteroatoms. The van der Waals surface area contributed by atoms with Crippen molar-refractivity contribution in [2.75, 3.05) is 12.4 Å². The zero-order valence-electron chi connectivity index (χ0n) is 14.4. The summed E-state index contributed by atoms with van der Waals surface area (Å²) < 4.78 is 5.61. The molecule has 138 valence electrons. The molecule has 0 aromatic heterocycles. The van der Waals surface area contributed by atoms with Crippen LogP contribution in [0.2, 0.25) is 0 Å². The van der Waals surface area contributed by atoms with Crippen LogP contribution in [0.15, 0.2) is 47.6 Å². The fourth-order valence-electron chi connectivity index (χ4n) is 2.59. The molecule has 3 rings (SSSR count). The summed E-state index contributed by atoms with van der Waals surface area (Å²) in [5.74, 6) is -1.04. The molecule has 0 aliphatic carbocycles. The first-order valence-corrected chi connectivity index (χ1v) is 9.21. The molecule has 2 N–H and O–H groups in total. The highest BCUT2D eigenvalue weighted by Gasteiger charge is 2.26. The average molecular weight is 477 g/mol. The lowest BCUT2D eigenvalue weighted by atomic mass is 10.1. The van der Waals surface area contributed by atoms with Crippen molar-refractivity contribution >= 4 is 51.8 Å². The smallest absolute Gasteiger partial charge is 0.337 e. The standard InChI is InChI=1S/C19H16IN3O4/c1-27-19(26)12-5-2-11(3-6-12)4-9-16(24)22-23-17-14-10-13(20)7-8-15(14)21-18(17)25/h2-3,5-8,10H,4,9H2,1H3,(H,22,24)(H,21,23,25). The number of aryl methyl sites for hydroxylation is 1. The summed E-state index contributed by atoms with van der Waals surface area (Å²) in [4.78, 5) is 35.5. The molecule has 0 radical (unpaired) electrons. The minimum atomic E-state index is -0.403. The van der Waals surface area contributed by atoms with Crippen molar-refractivity contribution in [3.63, 3.8) is 0 Å². The van der Waals surface area contributed by atoms with E-state index in [9.17, 15) is 14.4 Å². The lowest BCUT2D eigenvalue weighted by Gasteiger charge is -2.04. The van der Waals surface area contributed by atoms with E-state index in [0.717, 1.165) is 9.13 Å². The Bertz CT molecular complexity index is 938. The Morgan fingerprint density at radius 2 is 1.93 bits per heavy atom. The molecule has 2 amide bonds. The van der Waals surface area contributed by atoms with E-state index in [-0.39, 0.29) is 23.9 Å². The summed E-state index contributed by atoms with van der Waals surface area (Å²) >= 11 is 2.15. The van der Waals surface area contributed by atoms with Crippen molar-refractivity contribution in [1.82, 2.24) is 5.43 Å². The average Bonchev–Trinajstić information content (AvgIpc) is 2.98. The van der Waals surface area contributed by atoms with Crippen LogP contribution >= 0.6 is 22.6 Å². The van der Waals surface area contributed by atoms with Gasteiger partial charge in [-0.1, -0.05) is 12.1 Å². The summed E-state index contributed by atoms with van der Waals surface area (Å²) in [6.07, 6.45) is 0.688. The van der Waals surface area contributed by atoms with Crippen molar-refractivity contribution < 1.29 is 19.1 Å². The van der Waals surface area contributed by atoms with Gasteiger partial charge >= 0.3 is 5.97 Å². The molecule has 0 bridgehead atoms. The number of amides is 2. The van der Waals surface area contributed by atoms with Crippen molar-refractivity contribution in [1.29, 1.82) is 0 Å². The molecule has 7 nitrogen and oxygen atoms in total. The normalized spacial score (nSPS) is 13.9. The number of ether oxygens (including phenoxy) is 1. The second kappa shape index (κ2) is 8.30. The van der Waals surface area contributed by atoms with Crippen LogP contribution < -0.4 is 10.7 Å². The van der Waals surface area contributed by atoms with Gasteiger partial charge in [-0.25, -0.2) is 10.2 Å². The molecule has 0 saturated heterocycles. The van der Waals surface area contributed by atoms with Crippen LogP contribution in [0, 0.1) is 3.57 Å². The van der Waals surface area contributed by atoms with Crippen molar-refractivity contribution in [3.8, 4) is 0 Å². The van der Waals surface area contributed by atoms with Crippen LogP contribution in [0.4, 0.5) is 5.69 Å². The Balaban J connectivity index is 1.59. The van der Waals surface area contributed by atoms with Gasteiger partial charge in [-0.3, -0.25) is 9.59 Å². The summed E-state index contributed by atoms with van der Waals surface area (Å²) in [5.41, 5.74) is 5.34. The molecular weight excluding hydrogens is 461 g/mol. The maximum Gasteiger partial charge on any atom is 0.337 e. The molecule has 0 fully saturated rings. The van der Waals surface area contributed by atoms with Crippen LogP contribution in [0.25, 0.3) is 0 Å². The largest absolute Gasteiger partial charge is 0.465 e. The van der Waals surface area contributed by atoms with Gasteiger partial charge in [-0.2, -0.15) is 5.10 Å². The van der Waals surface area contributed by atoms with Gasteiger partial charge in [-0.05, 0) is 64.9 Å². The van der Waals surface area contributed by atoms with E-state index in [4.69, 9.17) is 0 Å². The van der Waals surface area contributed by atoms with Crippen LogP contribution in [0.5, 0.6) is 0 Å². The van der Waals surface area contributed by atoms with E-state index in [0.29, 0.717) is 23.2 Å². The van der Waals surface area contributed by atoms with Gasteiger partial charge in [0.15, 0.2) is 5.71 Å². The second-order valence-electron chi connectivity index (χ2n) is 5.83. The Morgan fingerprint density at radius 3 is 2.63 bits per heavy atom. The summed E-state index contributed by atoms with van der Waals surface area (Å²) in [6.45, 7) is 0. The SMILES string of the molecule is COC(=O)c1ccc(CCC(=O)N/N=C2\C(=O)Nc3ccc(I)cc32)cc1. The highest BCUT2D eigenvalue weighted by atomic mass is 127. The third-order valence-corrected chi connectivity index (χ3v) is 4.68. The number of rotatable bonds is 5. The van der Waals surface area contributed by atoms with Gasteiger partial charge in [0.2, 0.25) is 5.91 Å². The van der Waals surface area contributed by atoms with E-state index in [2.05, 4.69) is 43.2 Å². The Morgan fingerprint density at radius 1 is 1.19 bits per heavy atom. The number of hydrogen-bond donors (Lipinski definition) is 2. The van der Waals surface area contributed by atoms with Crippen LogP contribution in [0.3, 0.4) is 0 Å². The van der Waals surface area contributed by atoms with E-state index < -0.39 is 5.97 Å². The molecule has 0 spiro atoms. The second-order valence-corrected chi connectivity index (χ2v) is 7.07. The molecule has 0 atom stereocenters. The number of hydrogen-bond acceptors (Lipinski definition) is 5. The monoisotopic (exact) mass is 477 g/mol. The zero-order chi connectivity index (χ0) is 19.4. The van der Waals surface area contributed by atoms with Gasteiger partial charge in [0.05, 0.1) is 18.4 Å². The predicted octanol–water partition coefficient (Wildman–Crippen LogP) is 2.48. The van der Waals surface area contributed by atoms with Gasteiger partial charge in [0.1, 0.15) is 0 Å². The first-order chi connectivity index (χ1) is 13.0. The van der Waals surface area contributed by atoms with E-state index in [1.165, 1.54) is 7.11 Å². The predicted molar refractivity (Wildman–Crippen MR) is 109 cm³/mol. The molecule has 0 unspecified atom stereocenters. The molecule has 1 aliphatic rings. The number of nitrogens with one attached hydrogen (secondary N) is 2. The number of methoxy groups -OCH3 is 1. The Hall–Kier alpha value is -2.75. The number of benzene rings is 2. The number of anilines is 1. The summed E-state index contributed by atoms with van der Waals surface area (Å²) in [6, 6.07) is 12.4. The van der Waals surface area contributed by atoms with Crippen LogP contribution in [0.1, 0.15) is 27.9 Å². The lowest BCUT2D eigenvalue weighted by Crippen LogP contribution is -2.23. The number of carbonyl (C=O) groups is 3. The molecule has 0 saturated carbocycles. The number of halogens is 1. The minimum Gasteiger partial charge on any atom is -0.465 e. The highest BCUT2D eigenvalue weighted by Crippen LogP contribution is 2.25. The van der Waals surface area contributed by atoms with Crippen molar-refractivity contribution in [2.24, 2.45) is 5.10 Å². The maximum atomic E-state index is 12.1. The molecule has 2 aromatic rings. The molecule has 1 heterocycles. The molecule has 1 aliphatic heterocycles. The number of fused-ring (bicyclic) bond motifs is 1. The highest BCUT2D eigenvalue weighted by molar-refractivity contribution is 14.1. The minimum absolute atomic E-state index is 0.194. The Labute approximate surface area is 169 Å². The third-order valence-electron chi connectivity index (χ3n) is 4.01. The van der Waals surface area contributed by atoms with Crippen molar-refractivity contribution in [3.05, 3.63) is 62.7 Å². The number of nitrogens with zero attached hydrogens (tertiary/aromatic N) is 1. The van der Waals surface area contributed by atoms with E-state index in [1.54, 1.807) is 30.3 Å². The van der Waals surface area contributed by atoms with Crippen molar-refractivity contribution in [2.45, 2.75) is 12.8 Å². The van der Waals surface area contributed by atoms with Crippen LogP contribution in [-0.4, -0.2) is 30.6 Å². The number of esters is 1. The molecule has 2 aromatic carbocycles. The van der Waals surface area contributed by atoms with Gasteiger partial charge in [0, 0.05) is 15.6 Å². The molecule has 27 heavy (non-hydrogen) atoms. The zero-order valence-corrected chi connectivity index (χ0v) is 16.6. The fourth-order valence-corrected chi connectivity index (χ4v) is 3.08. The van der Waals surface area contributed by atoms with Gasteiger partial charge < -0.3 is 10.1 Å². The van der Waals surface area contributed by atoms with Crippen LogP contribution in [-0.2, 0) is 20.7 Å². The summed E-state index contributed by atoms with van der Waals surface area (Å²) in [5, 5.41) is 6.70. The lowest BCUT2D eigenvalue weighted by molar-refractivity contribution is -0.121. The topological polar surface area (TPSA) is 96.9 Å². The summed E-state index contributed by atoms with van der Waals surface area (Å²) in [7, 11) is 1.33. The number of carbonyl (C=O) groups excluding carboxylic acids is 3. The number of hydrazone groups is 1. The maximum absolute atomic E-state index is 12.1. The quantitative estimate of drug-likeness (QED) is 0.393. The molecular formula is C19H16IN3O4. The fraction of sp³-hybridized carbons (Fsp3) is 0.158. The van der Waals surface area contributed by atoms with Gasteiger partial charge in [-0.15, -0.1) is 0 Å². The first-order valence-electron chi connectivity index (χ1n) is 8.13. The Kier molecular flexibility index (Phi) is 5.84. The van der Waals surface area contributed by atoms with E-state index >= 15 is 0 Å². The first kappa shape index (κ1) is 19.0.